The summed E-state index contributed by atoms with van der Waals surface area (Å²) in [6.45, 7) is -2.87. The molecule has 2 aromatic carbocycles. The van der Waals surface area contributed by atoms with Gasteiger partial charge >= 0.3 is 6.61 Å². The first-order valence-corrected chi connectivity index (χ1v) is 6.83. The average Bonchev–Trinajstić information content (AvgIpc) is 3.00. The van der Waals surface area contributed by atoms with Crippen molar-refractivity contribution < 1.29 is 18.3 Å². The van der Waals surface area contributed by atoms with Crippen molar-refractivity contribution in [2.24, 2.45) is 0 Å². The molecule has 0 aliphatic heterocycles. The van der Waals surface area contributed by atoms with E-state index in [2.05, 4.69) is 9.84 Å². The molecule has 3 rings (SSSR count). The molecule has 0 saturated heterocycles. The van der Waals surface area contributed by atoms with E-state index in [1.807, 2.05) is 30.3 Å². The van der Waals surface area contributed by atoms with Crippen molar-refractivity contribution in [3.05, 3.63) is 66.4 Å². The van der Waals surface area contributed by atoms with Crippen LogP contribution < -0.4 is 4.74 Å². The largest absolute Gasteiger partial charge is 0.435 e. The zero-order valence-corrected chi connectivity index (χ0v) is 11.9. The van der Waals surface area contributed by atoms with Crippen LogP contribution in [-0.4, -0.2) is 22.7 Å². The van der Waals surface area contributed by atoms with Crippen LogP contribution in [0.1, 0.15) is 10.4 Å². The molecule has 116 valence electrons. The van der Waals surface area contributed by atoms with Gasteiger partial charge in [-0.25, -0.2) is 4.68 Å². The van der Waals surface area contributed by atoms with Crippen LogP contribution in [0.25, 0.3) is 16.9 Å². The van der Waals surface area contributed by atoms with E-state index >= 15 is 0 Å². The fraction of sp³-hybridized carbons (Fsp3) is 0.0588. The minimum atomic E-state index is -2.87. The summed E-state index contributed by atoms with van der Waals surface area (Å²) in [6, 6.07) is 15.4. The predicted octanol–water partition coefficient (Wildman–Crippen LogP) is 3.95. The Hall–Kier alpha value is -3.02. The highest BCUT2D eigenvalue weighted by Gasteiger charge is 2.12. The third-order valence-electron chi connectivity index (χ3n) is 3.24. The summed E-state index contributed by atoms with van der Waals surface area (Å²) in [6.07, 6.45) is 2.34. The Morgan fingerprint density at radius 2 is 1.74 bits per heavy atom. The molecule has 6 heteroatoms. The summed E-state index contributed by atoms with van der Waals surface area (Å²) in [4.78, 5) is 11.3. The number of benzene rings is 2. The van der Waals surface area contributed by atoms with Crippen molar-refractivity contribution in [3.8, 4) is 22.7 Å². The number of carbonyl (C=O) groups is 1. The minimum Gasteiger partial charge on any atom is -0.435 e. The van der Waals surface area contributed by atoms with Crippen LogP contribution in [0.3, 0.4) is 0 Å². The number of rotatable bonds is 5. The molecule has 0 aliphatic carbocycles. The highest BCUT2D eigenvalue weighted by atomic mass is 19.3. The van der Waals surface area contributed by atoms with Gasteiger partial charge in [0, 0.05) is 11.8 Å². The Morgan fingerprint density at radius 3 is 2.35 bits per heavy atom. The smallest absolute Gasteiger partial charge is 0.387 e. The first-order chi connectivity index (χ1) is 11.2. The van der Waals surface area contributed by atoms with Crippen LogP contribution in [-0.2, 0) is 0 Å². The number of hydrogen-bond acceptors (Lipinski definition) is 3. The Kier molecular flexibility index (Phi) is 4.14. The SMILES string of the molecule is O=Cc1cn(-c2ccccc2)nc1-c1ccc(OC(F)F)cc1. The van der Waals surface area contributed by atoms with Crippen molar-refractivity contribution in [3.63, 3.8) is 0 Å². The lowest BCUT2D eigenvalue weighted by atomic mass is 10.1. The summed E-state index contributed by atoms with van der Waals surface area (Å²) >= 11 is 0. The van der Waals surface area contributed by atoms with Crippen molar-refractivity contribution in [1.82, 2.24) is 9.78 Å². The number of alkyl halides is 2. The number of halogens is 2. The summed E-state index contributed by atoms with van der Waals surface area (Å²) < 4.78 is 30.2. The molecule has 0 aliphatic rings. The molecule has 0 amide bonds. The number of carbonyl (C=O) groups excluding carboxylic acids is 1. The monoisotopic (exact) mass is 314 g/mol. The molecule has 0 atom stereocenters. The fourth-order valence-corrected chi connectivity index (χ4v) is 2.21. The van der Waals surface area contributed by atoms with E-state index in [1.165, 1.54) is 12.1 Å². The maximum absolute atomic E-state index is 12.2. The van der Waals surface area contributed by atoms with E-state index in [9.17, 15) is 13.6 Å². The summed E-state index contributed by atoms with van der Waals surface area (Å²) in [5.74, 6) is 0.0545. The molecule has 1 aromatic heterocycles. The van der Waals surface area contributed by atoms with E-state index in [-0.39, 0.29) is 5.75 Å². The van der Waals surface area contributed by atoms with Crippen LogP contribution in [0, 0.1) is 0 Å². The molecule has 23 heavy (non-hydrogen) atoms. The predicted molar refractivity (Wildman–Crippen MR) is 81.0 cm³/mol. The first-order valence-electron chi connectivity index (χ1n) is 6.83. The topological polar surface area (TPSA) is 44.1 Å². The van der Waals surface area contributed by atoms with Gasteiger partial charge in [0.2, 0.25) is 0 Å². The van der Waals surface area contributed by atoms with Crippen molar-refractivity contribution in [1.29, 1.82) is 0 Å². The zero-order valence-electron chi connectivity index (χ0n) is 11.9. The van der Waals surface area contributed by atoms with Crippen LogP contribution in [0.2, 0.25) is 0 Å². The van der Waals surface area contributed by atoms with Gasteiger partial charge in [0.1, 0.15) is 11.4 Å². The van der Waals surface area contributed by atoms with Crippen molar-refractivity contribution in [2.75, 3.05) is 0 Å². The standard InChI is InChI=1S/C17H12F2N2O2/c18-17(19)23-15-8-6-12(7-9-15)16-13(11-22)10-21(20-16)14-4-2-1-3-5-14/h1-11,17H. The number of aldehydes is 1. The number of aromatic nitrogens is 2. The van der Waals surface area contributed by atoms with E-state index in [0.29, 0.717) is 23.1 Å². The Balaban J connectivity index is 1.96. The number of ether oxygens (including phenoxy) is 1. The fourth-order valence-electron chi connectivity index (χ4n) is 2.21. The lowest BCUT2D eigenvalue weighted by Crippen LogP contribution is -2.01. The lowest BCUT2D eigenvalue weighted by molar-refractivity contribution is -0.0498. The molecule has 0 spiro atoms. The second-order valence-corrected chi connectivity index (χ2v) is 4.73. The van der Waals surface area contributed by atoms with Gasteiger partial charge in [0.05, 0.1) is 11.3 Å². The molecule has 0 radical (unpaired) electrons. The normalized spacial score (nSPS) is 10.7. The Bertz CT molecular complexity index is 799. The highest BCUT2D eigenvalue weighted by Crippen LogP contribution is 2.25. The highest BCUT2D eigenvalue weighted by molar-refractivity contribution is 5.85. The average molecular weight is 314 g/mol. The Labute approximate surface area is 130 Å². The van der Waals surface area contributed by atoms with E-state index < -0.39 is 6.61 Å². The van der Waals surface area contributed by atoms with E-state index in [4.69, 9.17) is 0 Å². The molecule has 0 N–H and O–H groups in total. The van der Waals surface area contributed by atoms with Crippen LogP contribution in [0.4, 0.5) is 8.78 Å². The third-order valence-corrected chi connectivity index (χ3v) is 3.24. The molecular weight excluding hydrogens is 302 g/mol. The van der Waals surface area contributed by atoms with Gasteiger partial charge < -0.3 is 4.74 Å². The van der Waals surface area contributed by atoms with E-state index in [0.717, 1.165) is 5.69 Å². The van der Waals surface area contributed by atoms with Gasteiger partial charge in [-0.2, -0.15) is 13.9 Å². The maximum atomic E-state index is 12.2. The summed E-state index contributed by atoms with van der Waals surface area (Å²) in [5.41, 5.74) is 2.35. The molecule has 4 nitrogen and oxygen atoms in total. The molecule has 0 bridgehead atoms. The second kappa shape index (κ2) is 6.39. The van der Waals surface area contributed by atoms with Gasteiger partial charge in [-0.15, -0.1) is 0 Å². The molecular formula is C17H12F2N2O2. The van der Waals surface area contributed by atoms with Crippen LogP contribution >= 0.6 is 0 Å². The quantitative estimate of drug-likeness (QED) is 0.670. The van der Waals surface area contributed by atoms with Gasteiger partial charge in [-0.3, -0.25) is 4.79 Å². The maximum Gasteiger partial charge on any atom is 0.387 e. The molecule has 3 aromatic rings. The summed E-state index contributed by atoms with van der Waals surface area (Å²) in [7, 11) is 0. The van der Waals surface area contributed by atoms with Crippen molar-refractivity contribution in [2.45, 2.75) is 6.61 Å². The zero-order chi connectivity index (χ0) is 16.2. The lowest BCUT2D eigenvalue weighted by Gasteiger charge is -2.05. The molecule has 0 unspecified atom stereocenters. The van der Waals surface area contributed by atoms with Crippen LogP contribution in [0.5, 0.6) is 5.75 Å². The third kappa shape index (κ3) is 3.26. The Morgan fingerprint density at radius 1 is 1.04 bits per heavy atom. The van der Waals surface area contributed by atoms with Gasteiger partial charge in [-0.05, 0) is 36.4 Å². The van der Waals surface area contributed by atoms with Gasteiger partial charge in [-0.1, -0.05) is 18.2 Å². The number of nitrogens with zero attached hydrogens (tertiary/aromatic N) is 2. The molecule has 0 fully saturated rings. The molecule has 1 heterocycles. The van der Waals surface area contributed by atoms with Gasteiger partial charge in [0.15, 0.2) is 6.29 Å². The number of hydrogen-bond donors (Lipinski definition) is 0. The number of para-hydroxylation sites is 1. The first kappa shape index (κ1) is 14.9. The summed E-state index contributed by atoms with van der Waals surface area (Å²) in [5, 5.41) is 4.41. The van der Waals surface area contributed by atoms with Crippen LogP contribution in [0.15, 0.2) is 60.8 Å². The van der Waals surface area contributed by atoms with Crippen molar-refractivity contribution >= 4 is 6.29 Å². The van der Waals surface area contributed by atoms with E-state index in [1.54, 1.807) is 23.0 Å². The second-order valence-electron chi connectivity index (χ2n) is 4.73. The minimum absolute atomic E-state index is 0.0545. The van der Waals surface area contributed by atoms with Gasteiger partial charge in [0.25, 0.3) is 0 Å². The molecule has 0 saturated carbocycles.